The summed E-state index contributed by atoms with van der Waals surface area (Å²) in [6, 6.07) is 0. The number of hydrogen-bond donors (Lipinski definition) is 1. The van der Waals surface area contributed by atoms with E-state index in [4.69, 9.17) is 9.84 Å². The first-order chi connectivity index (χ1) is 9.10. The molecule has 1 saturated carbocycles. The van der Waals surface area contributed by atoms with Gasteiger partial charge in [0, 0.05) is 19.0 Å². The van der Waals surface area contributed by atoms with Gasteiger partial charge >= 0.3 is 5.97 Å². The van der Waals surface area contributed by atoms with Gasteiger partial charge in [0.15, 0.2) is 0 Å². The molecule has 1 saturated heterocycles. The van der Waals surface area contributed by atoms with Crippen LogP contribution in [0.2, 0.25) is 0 Å². The maximum atomic E-state index is 12.6. The molecule has 1 amide bonds. The third kappa shape index (κ3) is 3.32. The van der Waals surface area contributed by atoms with Crippen LogP contribution in [0.4, 0.5) is 0 Å². The SMILES string of the molecule is CC1(C)CN(C(=O)C2CCC(C(=O)O)C2)CC(C)(C)O1. The zero-order valence-corrected chi connectivity index (χ0v) is 12.8. The number of morpholine rings is 1. The quantitative estimate of drug-likeness (QED) is 0.840. The highest BCUT2D eigenvalue weighted by Crippen LogP contribution is 2.35. The van der Waals surface area contributed by atoms with Crippen LogP contribution in [0.15, 0.2) is 0 Å². The van der Waals surface area contributed by atoms with E-state index >= 15 is 0 Å². The average molecular weight is 283 g/mol. The second-order valence-electron chi connectivity index (χ2n) is 7.36. The Balaban J connectivity index is 2.04. The molecule has 0 aromatic heterocycles. The molecule has 0 bridgehead atoms. The van der Waals surface area contributed by atoms with Gasteiger partial charge in [-0.15, -0.1) is 0 Å². The molecule has 1 heterocycles. The van der Waals surface area contributed by atoms with Gasteiger partial charge in [-0.1, -0.05) is 0 Å². The molecule has 114 valence electrons. The lowest BCUT2D eigenvalue weighted by Crippen LogP contribution is -2.59. The van der Waals surface area contributed by atoms with Crippen LogP contribution in [0.3, 0.4) is 0 Å². The summed E-state index contributed by atoms with van der Waals surface area (Å²) in [6.07, 6.45) is 1.78. The average Bonchev–Trinajstić information content (AvgIpc) is 2.72. The van der Waals surface area contributed by atoms with Gasteiger partial charge < -0.3 is 14.7 Å². The van der Waals surface area contributed by atoms with E-state index in [1.165, 1.54) is 0 Å². The van der Waals surface area contributed by atoms with Crippen LogP contribution < -0.4 is 0 Å². The molecule has 2 atom stereocenters. The van der Waals surface area contributed by atoms with Crippen molar-refractivity contribution in [2.45, 2.75) is 58.2 Å². The molecule has 0 spiro atoms. The number of amides is 1. The fraction of sp³-hybridized carbons (Fsp3) is 0.867. The standard InChI is InChI=1S/C15H25NO4/c1-14(2)8-16(9-15(3,4)20-14)12(17)10-5-6-11(7-10)13(18)19/h10-11H,5-9H2,1-4H3,(H,18,19). The molecule has 1 aliphatic heterocycles. The minimum absolute atomic E-state index is 0.0956. The summed E-state index contributed by atoms with van der Waals surface area (Å²) >= 11 is 0. The van der Waals surface area contributed by atoms with Gasteiger partial charge in [-0.25, -0.2) is 0 Å². The summed E-state index contributed by atoms with van der Waals surface area (Å²) in [5, 5.41) is 9.04. The number of rotatable bonds is 2. The summed E-state index contributed by atoms with van der Waals surface area (Å²) in [5.41, 5.74) is -0.718. The predicted octanol–water partition coefficient (Wildman–Crippen LogP) is 1.90. The summed E-state index contributed by atoms with van der Waals surface area (Å²) in [7, 11) is 0. The molecule has 1 N–H and O–H groups in total. The molecular weight excluding hydrogens is 258 g/mol. The van der Waals surface area contributed by atoms with Gasteiger partial charge in [0.25, 0.3) is 0 Å². The van der Waals surface area contributed by atoms with Crippen LogP contribution in [-0.4, -0.2) is 46.2 Å². The Labute approximate surface area is 120 Å². The monoisotopic (exact) mass is 283 g/mol. The molecular formula is C15H25NO4. The van der Waals surface area contributed by atoms with Crippen molar-refractivity contribution in [2.75, 3.05) is 13.1 Å². The van der Waals surface area contributed by atoms with Gasteiger partial charge in [0.05, 0.1) is 17.1 Å². The smallest absolute Gasteiger partial charge is 0.306 e. The first kappa shape index (κ1) is 15.3. The molecule has 1 aliphatic carbocycles. The highest BCUT2D eigenvalue weighted by molar-refractivity contribution is 5.81. The van der Waals surface area contributed by atoms with Gasteiger partial charge in [0.2, 0.25) is 5.91 Å². The largest absolute Gasteiger partial charge is 0.481 e. The van der Waals surface area contributed by atoms with Crippen molar-refractivity contribution < 1.29 is 19.4 Å². The van der Waals surface area contributed by atoms with Crippen LogP contribution in [-0.2, 0) is 14.3 Å². The van der Waals surface area contributed by atoms with Crippen molar-refractivity contribution in [2.24, 2.45) is 11.8 Å². The van der Waals surface area contributed by atoms with Gasteiger partial charge in [-0.05, 0) is 47.0 Å². The molecule has 5 nitrogen and oxygen atoms in total. The number of ether oxygens (including phenoxy) is 1. The summed E-state index contributed by atoms with van der Waals surface area (Å²) in [4.78, 5) is 25.5. The van der Waals surface area contributed by atoms with Crippen molar-refractivity contribution in [1.82, 2.24) is 4.90 Å². The molecule has 0 aromatic rings. The Morgan fingerprint density at radius 2 is 1.55 bits per heavy atom. The number of carboxylic acids is 1. The van der Waals surface area contributed by atoms with Crippen molar-refractivity contribution in [3.05, 3.63) is 0 Å². The van der Waals surface area contributed by atoms with Gasteiger partial charge in [0.1, 0.15) is 0 Å². The molecule has 2 fully saturated rings. The summed E-state index contributed by atoms with van der Waals surface area (Å²) < 4.78 is 5.98. The van der Waals surface area contributed by atoms with Crippen LogP contribution in [0.5, 0.6) is 0 Å². The van der Waals surface area contributed by atoms with E-state index < -0.39 is 5.97 Å². The van der Waals surface area contributed by atoms with Crippen LogP contribution in [0.1, 0.15) is 47.0 Å². The Morgan fingerprint density at radius 3 is 2.00 bits per heavy atom. The predicted molar refractivity (Wildman–Crippen MR) is 74.3 cm³/mol. The molecule has 2 unspecified atom stereocenters. The topological polar surface area (TPSA) is 66.8 Å². The normalized spacial score (nSPS) is 32.1. The number of carbonyl (C=O) groups is 2. The molecule has 0 radical (unpaired) electrons. The molecule has 20 heavy (non-hydrogen) atoms. The lowest BCUT2D eigenvalue weighted by Gasteiger charge is -2.47. The highest BCUT2D eigenvalue weighted by atomic mass is 16.5. The van der Waals surface area contributed by atoms with Crippen molar-refractivity contribution in [3.8, 4) is 0 Å². The molecule has 5 heteroatoms. The minimum Gasteiger partial charge on any atom is -0.481 e. The number of carbonyl (C=O) groups excluding carboxylic acids is 1. The number of nitrogens with zero attached hydrogens (tertiary/aromatic N) is 1. The van der Waals surface area contributed by atoms with E-state index in [0.717, 1.165) is 0 Å². The lowest BCUT2D eigenvalue weighted by molar-refractivity contribution is -0.190. The Hall–Kier alpha value is -1.10. The Kier molecular flexibility index (Phi) is 3.84. The van der Waals surface area contributed by atoms with E-state index in [2.05, 4.69) is 0 Å². The third-order valence-electron chi connectivity index (χ3n) is 4.14. The fourth-order valence-corrected chi connectivity index (χ4v) is 3.63. The van der Waals surface area contributed by atoms with E-state index in [0.29, 0.717) is 32.4 Å². The second-order valence-corrected chi connectivity index (χ2v) is 7.36. The first-order valence-corrected chi connectivity index (χ1v) is 7.31. The van der Waals surface area contributed by atoms with Crippen molar-refractivity contribution >= 4 is 11.9 Å². The fourth-order valence-electron chi connectivity index (χ4n) is 3.63. The Morgan fingerprint density at radius 1 is 1.05 bits per heavy atom. The third-order valence-corrected chi connectivity index (χ3v) is 4.14. The molecule has 0 aromatic carbocycles. The zero-order valence-electron chi connectivity index (χ0n) is 12.8. The van der Waals surface area contributed by atoms with Crippen LogP contribution in [0.25, 0.3) is 0 Å². The zero-order chi connectivity index (χ0) is 15.1. The maximum absolute atomic E-state index is 12.6. The molecule has 2 rings (SSSR count). The summed E-state index contributed by atoms with van der Waals surface area (Å²) in [5.74, 6) is -1.17. The Bertz CT molecular complexity index is 400. The van der Waals surface area contributed by atoms with Crippen molar-refractivity contribution in [3.63, 3.8) is 0 Å². The van der Waals surface area contributed by atoms with E-state index in [1.54, 1.807) is 0 Å². The van der Waals surface area contributed by atoms with Gasteiger partial charge in [-0.2, -0.15) is 0 Å². The molecule has 2 aliphatic rings. The van der Waals surface area contributed by atoms with E-state index in [9.17, 15) is 9.59 Å². The van der Waals surface area contributed by atoms with Crippen LogP contribution >= 0.6 is 0 Å². The summed E-state index contributed by atoms with van der Waals surface area (Å²) in [6.45, 7) is 9.10. The number of carboxylic acid groups (broad SMARTS) is 1. The highest BCUT2D eigenvalue weighted by Gasteiger charge is 2.43. The van der Waals surface area contributed by atoms with Crippen LogP contribution in [0, 0.1) is 11.8 Å². The van der Waals surface area contributed by atoms with E-state index in [1.807, 2.05) is 32.6 Å². The lowest BCUT2D eigenvalue weighted by atomic mass is 9.96. The van der Waals surface area contributed by atoms with Crippen molar-refractivity contribution in [1.29, 1.82) is 0 Å². The number of hydrogen-bond acceptors (Lipinski definition) is 3. The maximum Gasteiger partial charge on any atom is 0.306 e. The van der Waals surface area contributed by atoms with E-state index in [-0.39, 0.29) is 28.9 Å². The second kappa shape index (κ2) is 5.02. The minimum atomic E-state index is -0.775. The first-order valence-electron chi connectivity index (χ1n) is 7.31. The van der Waals surface area contributed by atoms with Gasteiger partial charge in [-0.3, -0.25) is 9.59 Å². The number of aliphatic carboxylic acids is 1.